The van der Waals surface area contributed by atoms with Gasteiger partial charge in [0.25, 0.3) is 0 Å². The first-order valence-electron chi connectivity index (χ1n) is 6.13. The van der Waals surface area contributed by atoms with Crippen molar-refractivity contribution in [3.05, 3.63) is 60.3 Å². The molecular weight excluding hydrogens is 274 g/mol. The van der Waals surface area contributed by atoms with Gasteiger partial charge in [-0.2, -0.15) is 4.98 Å². The van der Waals surface area contributed by atoms with Gasteiger partial charge >= 0.3 is 12.0 Å². The smallest absolute Gasteiger partial charge is 0.338 e. The maximum atomic E-state index is 10.7. The number of aromatic carboxylic acids is 1. The fourth-order valence-corrected chi connectivity index (χ4v) is 1.72. The lowest BCUT2D eigenvalue weighted by molar-refractivity contribution is 0.0696. The first kappa shape index (κ1) is 12.9. The third kappa shape index (κ3) is 2.92. The Hall–Kier alpha value is -3.09. The number of furan rings is 1. The molecule has 0 bridgehead atoms. The van der Waals surface area contributed by atoms with E-state index in [2.05, 4.69) is 10.1 Å². The molecule has 1 N–H and O–H groups in total. The lowest BCUT2D eigenvalue weighted by atomic mass is 10.3. The van der Waals surface area contributed by atoms with Gasteiger partial charge in [0.15, 0.2) is 0 Å². The van der Waals surface area contributed by atoms with Gasteiger partial charge in [-0.15, -0.1) is 5.10 Å². The van der Waals surface area contributed by atoms with Gasteiger partial charge in [0.05, 0.1) is 11.3 Å². The number of aromatic nitrogens is 3. The lowest BCUT2D eigenvalue weighted by Gasteiger charge is -1.99. The van der Waals surface area contributed by atoms with Crippen molar-refractivity contribution in [1.82, 2.24) is 14.8 Å². The maximum absolute atomic E-state index is 10.7. The largest absolute Gasteiger partial charge is 0.478 e. The highest BCUT2D eigenvalue weighted by Crippen LogP contribution is 2.12. The molecule has 0 saturated heterocycles. The number of hydrogen-bond donors (Lipinski definition) is 1. The normalized spacial score (nSPS) is 10.5. The summed E-state index contributed by atoms with van der Waals surface area (Å²) in [7, 11) is 0. The molecule has 0 aliphatic rings. The van der Waals surface area contributed by atoms with E-state index in [1.54, 1.807) is 4.68 Å². The molecule has 7 nitrogen and oxygen atoms in total. The van der Waals surface area contributed by atoms with Crippen molar-refractivity contribution >= 4 is 5.97 Å². The van der Waals surface area contributed by atoms with E-state index in [0.717, 1.165) is 12.0 Å². The summed E-state index contributed by atoms with van der Waals surface area (Å²) in [6.45, 7) is 0.0616. The molecule has 3 aromatic rings. The van der Waals surface area contributed by atoms with E-state index in [1.807, 2.05) is 30.3 Å². The molecule has 21 heavy (non-hydrogen) atoms. The predicted octanol–water partition coefficient (Wildman–Crippen LogP) is 2.14. The predicted molar refractivity (Wildman–Crippen MR) is 71.4 cm³/mol. The third-order valence-electron chi connectivity index (χ3n) is 2.74. The van der Waals surface area contributed by atoms with Crippen LogP contribution in [-0.4, -0.2) is 25.8 Å². The molecular formula is C14H11N3O4. The van der Waals surface area contributed by atoms with Gasteiger partial charge in [-0.25, -0.2) is 9.48 Å². The zero-order valence-corrected chi connectivity index (χ0v) is 10.8. The average molecular weight is 285 g/mol. The zero-order valence-electron chi connectivity index (χ0n) is 10.8. The van der Waals surface area contributed by atoms with Crippen molar-refractivity contribution in [2.24, 2.45) is 0 Å². The number of carboxylic acids is 1. The Bertz CT molecular complexity index is 748. The fraction of sp³-hybridized carbons (Fsp3) is 0.0714. The van der Waals surface area contributed by atoms with Crippen LogP contribution >= 0.6 is 0 Å². The number of rotatable bonds is 5. The highest BCUT2D eigenvalue weighted by atomic mass is 16.5. The molecule has 0 saturated carbocycles. The van der Waals surface area contributed by atoms with Crippen LogP contribution in [0.15, 0.2) is 53.4 Å². The Kier molecular flexibility index (Phi) is 3.38. The van der Waals surface area contributed by atoms with E-state index in [0.29, 0.717) is 5.76 Å². The minimum absolute atomic E-state index is 0.0616. The summed E-state index contributed by atoms with van der Waals surface area (Å²) in [6.07, 6.45) is 2.70. The van der Waals surface area contributed by atoms with Crippen LogP contribution in [0.2, 0.25) is 0 Å². The first-order valence-corrected chi connectivity index (χ1v) is 6.13. The second-order valence-corrected chi connectivity index (χ2v) is 4.20. The number of nitrogens with zero attached hydrogens (tertiary/aromatic N) is 3. The Balaban J connectivity index is 1.66. The highest BCUT2D eigenvalue weighted by Gasteiger charge is 2.10. The Morgan fingerprint density at radius 1 is 1.33 bits per heavy atom. The summed E-state index contributed by atoms with van der Waals surface area (Å²) in [5, 5.41) is 12.9. The minimum atomic E-state index is -1.04. The van der Waals surface area contributed by atoms with Gasteiger partial charge in [0, 0.05) is 0 Å². The van der Waals surface area contributed by atoms with Crippen LogP contribution in [0.3, 0.4) is 0 Å². The van der Waals surface area contributed by atoms with Crippen molar-refractivity contribution in [3.8, 4) is 11.7 Å². The molecule has 0 fully saturated rings. The van der Waals surface area contributed by atoms with Crippen LogP contribution in [0.5, 0.6) is 6.01 Å². The van der Waals surface area contributed by atoms with Crippen molar-refractivity contribution in [3.63, 3.8) is 0 Å². The van der Waals surface area contributed by atoms with Crippen LogP contribution in [0.1, 0.15) is 16.1 Å². The van der Waals surface area contributed by atoms with E-state index in [9.17, 15) is 4.79 Å². The van der Waals surface area contributed by atoms with E-state index in [4.69, 9.17) is 14.3 Å². The molecule has 0 aliphatic heterocycles. The van der Waals surface area contributed by atoms with Crippen molar-refractivity contribution in [2.45, 2.75) is 6.61 Å². The Morgan fingerprint density at radius 2 is 2.14 bits per heavy atom. The van der Waals surface area contributed by atoms with Crippen LogP contribution < -0.4 is 4.74 Å². The molecule has 0 spiro atoms. The fourth-order valence-electron chi connectivity index (χ4n) is 1.72. The molecule has 0 amide bonds. The van der Waals surface area contributed by atoms with E-state index in [-0.39, 0.29) is 18.2 Å². The summed E-state index contributed by atoms with van der Waals surface area (Å²) in [6, 6.07) is 11.1. The molecule has 106 valence electrons. The molecule has 0 atom stereocenters. The molecule has 0 radical (unpaired) electrons. The van der Waals surface area contributed by atoms with E-state index in [1.165, 1.54) is 12.4 Å². The molecule has 0 aliphatic carbocycles. The third-order valence-corrected chi connectivity index (χ3v) is 2.74. The van der Waals surface area contributed by atoms with Crippen molar-refractivity contribution < 1.29 is 19.1 Å². The second kappa shape index (κ2) is 5.49. The zero-order chi connectivity index (χ0) is 14.7. The minimum Gasteiger partial charge on any atom is -0.478 e. The second-order valence-electron chi connectivity index (χ2n) is 4.20. The molecule has 3 rings (SSSR count). The number of ether oxygens (including phenoxy) is 1. The van der Waals surface area contributed by atoms with Gasteiger partial charge < -0.3 is 14.3 Å². The summed E-state index contributed by atoms with van der Waals surface area (Å²) < 4.78 is 12.0. The topological polar surface area (TPSA) is 90.4 Å². The van der Waals surface area contributed by atoms with Crippen molar-refractivity contribution in [1.29, 1.82) is 0 Å². The summed E-state index contributed by atoms with van der Waals surface area (Å²) in [5.41, 5.74) is 0.947. The van der Waals surface area contributed by atoms with Crippen LogP contribution in [0.4, 0.5) is 0 Å². The van der Waals surface area contributed by atoms with Gasteiger partial charge in [0.1, 0.15) is 25.0 Å². The van der Waals surface area contributed by atoms with E-state index >= 15 is 0 Å². The lowest BCUT2D eigenvalue weighted by Crippen LogP contribution is -1.98. The highest BCUT2D eigenvalue weighted by molar-refractivity contribution is 5.87. The van der Waals surface area contributed by atoms with E-state index < -0.39 is 5.97 Å². The standard InChI is InChI=1S/C14H11N3O4/c18-13(19)10-6-12(20-7-10)8-21-14-15-9-17(16-14)11-4-2-1-3-5-11/h1-7,9H,8H2,(H,18,19). The first-order chi connectivity index (χ1) is 10.2. The Labute approximate surface area is 119 Å². The van der Waals surface area contributed by atoms with Crippen molar-refractivity contribution in [2.75, 3.05) is 0 Å². The van der Waals surface area contributed by atoms with Crippen LogP contribution in [0, 0.1) is 0 Å². The number of benzene rings is 1. The molecule has 1 aromatic carbocycles. The molecule has 0 unspecified atom stereocenters. The number of hydrogen-bond acceptors (Lipinski definition) is 5. The quantitative estimate of drug-likeness (QED) is 0.772. The maximum Gasteiger partial charge on any atom is 0.338 e. The molecule has 2 aromatic heterocycles. The van der Waals surface area contributed by atoms with Gasteiger partial charge in [-0.3, -0.25) is 0 Å². The number of para-hydroxylation sites is 1. The monoisotopic (exact) mass is 285 g/mol. The van der Waals surface area contributed by atoms with Crippen LogP contribution in [-0.2, 0) is 6.61 Å². The number of carboxylic acid groups (broad SMARTS) is 1. The van der Waals surface area contributed by atoms with Crippen LogP contribution in [0.25, 0.3) is 5.69 Å². The summed E-state index contributed by atoms with van der Waals surface area (Å²) in [5.74, 6) is -0.653. The summed E-state index contributed by atoms with van der Waals surface area (Å²) in [4.78, 5) is 14.7. The van der Waals surface area contributed by atoms with Gasteiger partial charge in [0.2, 0.25) is 0 Å². The molecule has 7 heteroatoms. The molecule has 2 heterocycles. The SMILES string of the molecule is O=C(O)c1coc(COc2ncn(-c3ccccc3)n2)c1. The average Bonchev–Trinajstić information content (AvgIpc) is 3.15. The van der Waals surface area contributed by atoms with Gasteiger partial charge in [-0.1, -0.05) is 18.2 Å². The number of carbonyl (C=O) groups is 1. The van der Waals surface area contributed by atoms with Gasteiger partial charge in [-0.05, 0) is 18.2 Å². The summed E-state index contributed by atoms with van der Waals surface area (Å²) >= 11 is 0. The Morgan fingerprint density at radius 3 is 2.86 bits per heavy atom.